The third-order valence-electron chi connectivity index (χ3n) is 4.86. The molecule has 2 N–H and O–H groups in total. The fourth-order valence-electron chi connectivity index (χ4n) is 3.11. The molecule has 1 aromatic heterocycles. The van der Waals surface area contributed by atoms with Crippen LogP contribution >= 0.6 is 0 Å². The average Bonchev–Trinajstić information content (AvgIpc) is 2.63. The minimum absolute atomic E-state index is 0.0884. The SMILES string of the molecule is Cc1ccc(CC(=O)N[C@H](C)c2cc(=O)[nH]c(N3CCN(C)CC3)n2)cc1. The van der Waals surface area contributed by atoms with Crippen LogP contribution in [0.3, 0.4) is 0 Å². The molecular weight excluding hydrogens is 342 g/mol. The normalized spacial score (nSPS) is 16.2. The van der Waals surface area contributed by atoms with Gasteiger partial charge in [-0.3, -0.25) is 14.6 Å². The van der Waals surface area contributed by atoms with Crippen molar-refractivity contribution in [3.8, 4) is 0 Å². The highest BCUT2D eigenvalue weighted by atomic mass is 16.1. The molecule has 2 heterocycles. The topological polar surface area (TPSA) is 81.3 Å². The summed E-state index contributed by atoms with van der Waals surface area (Å²) in [5, 5.41) is 2.94. The lowest BCUT2D eigenvalue weighted by atomic mass is 10.1. The summed E-state index contributed by atoms with van der Waals surface area (Å²) in [5.41, 5.74) is 2.50. The van der Waals surface area contributed by atoms with Crippen LogP contribution in [0, 0.1) is 6.92 Å². The zero-order valence-electron chi connectivity index (χ0n) is 16.2. The van der Waals surface area contributed by atoms with Gasteiger partial charge in [0.25, 0.3) is 5.56 Å². The fourth-order valence-corrected chi connectivity index (χ4v) is 3.11. The second kappa shape index (κ2) is 8.35. The maximum Gasteiger partial charge on any atom is 0.252 e. The van der Waals surface area contributed by atoms with Crippen LogP contribution in [-0.2, 0) is 11.2 Å². The number of carbonyl (C=O) groups is 1. The summed E-state index contributed by atoms with van der Waals surface area (Å²) in [5.74, 6) is 0.486. The zero-order valence-corrected chi connectivity index (χ0v) is 16.2. The minimum atomic E-state index is -0.337. The maximum absolute atomic E-state index is 12.3. The van der Waals surface area contributed by atoms with Crippen LogP contribution in [0.4, 0.5) is 5.95 Å². The third-order valence-corrected chi connectivity index (χ3v) is 4.86. The number of aryl methyl sites for hydroxylation is 1. The van der Waals surface area contributed by atoms with Gasteiger partial charge in [0.2, 0.25) is 11.9 Å². The number of carbonyl (C=O) groups excluding carboxylic acids is 1. The molecule has 0 aliphatic carbocycles. The summed E-state index contributed by atoms with van der Waals surface area (Å²) in [7, 11) is 2.08. The number of piperazine rings is 1. The molecule has 1 saturated heterocycles. The van der Waals surface area contributed by atoms with Gasteiger partial charge in [0.15, 0.2) is 0 Å². The Morgan fingerprint density at radius 3 is 2.56 bits per heavy atom. The molecule has 1 aliphatic rings. The lowest BCUT2D eigenvalue weighted by molar-refractivity contribution is -0.121. The van der Waals surface area contributed by atoms with Crippen molar-refractivity contribution in [1.82, 2.24) is 20.2 Å². The Morgan fingerprint density at radius 2 is 1.89 bits per heavy atom. The molecule has 1 amide bonds. The highest BCUT2D eigenvalue weighted by Crippen LogP contribution is 2.14. The van der Waals surface area contributed by atoms with Gasteiger partial charge in [-0.1, -0.05) is 29.8 Å². The summed E-state index contributed by atoms with van der Waals surface area (Å²) in [4.78, 5) is 36.2. The van der Waals surface area contributed by atoms with Crippen LogP contribution in [0.1, 0.15) is 29.8 Å². The van der Waals surface area contributed by atoms with Crippen LogP contribution in [-0.4, -0.2) is 54.0 Å². The summed E-state index contributed by atoms with van der Waals surface area (Å²) in [6.07, 6.45) is 0.305. The first-order valence-electron chi connectivity index (χ1n) is 9.30. The molecule has 0 radical (unpaired) electrons. The standard InChI is InChI=1S/C20H27N5O2/c1-14-4-6-16(7-5-14)12-18(26)21-15(2)17-13-19(27)23-20(22-17)25-10-8-24(3)9-11-25/h4-7,13,15H,8-12H2,1-3H3,(H,21,26)(H,22,23,27)/t15-/m1/s1. The number of rotatable bonds is 5. The van der Waals surface area contributed by atoms with Crippen LogP contribution in [0.15, 0.2) is 35.1 Å². The molecule has 7 heteroatoms. The Kier molecular flexibility index (Phi) is 5.91. The average molecular weight is 369 g/mol. The van der Waals surface area contributed by atoms with Crippen LogP contribution in [0.25, 0.3) is 0 Å². The van der Waals surface area contributed by atoms with Gasteiger partial charge in [-0.05, 0) is 26.5 Å². The Balaban J connectivity index is 1.67. The van der Waals surface area contributed by atoms with Gasteiger partial charge in [-0.25, -0.2) is 4.98 Å². The number of anilines is 1. The second-order valence-electron chi connectivity index (χ2n) is 7.24. The van der Waals surface area contributed by atoms with Crippen molar-refractivity contribution in [2.75, 3.05) is 38.1 Å². The zero-order chi connectivity index (χ0) is 19.4. The number of hydrogen-bond acceptors (Lipinski definition) is 5. The van der Waals surface area contributed by atoms with E-state index >= 15 is 0 Å². The van der Waals surface area contributed by atoms with E-state index < -0.39 is 0 Å². The van der Waals surface area contributed by atoms with E-state index in [2.05, 4.69) is 32.1 Å². The number of benzene rings is 1. The fraction of sp³-hybridized carbons (Fsp3) is 0.450. The molecule has 1 aromatic carbocycles. The molecule has 0 bridgehead atoms. The number of aromatic amines is 1. The molecule has 27 heavy (non-hydrogen) atoms. The first-order chi connectivity index (χ1) is 12.9. The van der Waals surface area contributed by atoms with Crippen LogP contribution in [0.2, 0.25) is 0 Å². The summed E-state index contributed by atoms with van der Waals surface area (Å²) in [6.45, 7) is 7.35. The first-order valence-corrected chi connectivity index (χ1v) is 9.30. The third kappa shape index (κ3) is 5.17. The lowest BCUT2D eigenvalue weighted by Gasteiger charge is -2.32. The Morgan fingerprint density at radius 1 is 1.22 bits per heavy atom. The number of likely N-dealkylation sites (N-methyl/N-ethyl adjacent to an activating group) is 1. The van der Waals surface area contributed by atoms with E-state index in [0.29, 0.717) is 18.1 Å². The monoisotopic (exact) mass is 369 g/mol. The van der Waals surface area contributed by atoms with Crippen molar-refractivity contribution < 1.29 is 4.79 Å². The van der Waals surface area contributed by atoms with Gasteiger partial charge >= 0.3 is 0 Å². The molecule has 7 nitrogen and oxygen atoms in total. The lowest BCUT2D eigenvalue weighted by Crippen LogP contribution is -2.45. The highest BCUT2D eigenvalue weighted by molar-refractivity contribution is 5.78. The molecule has 0 spiro atoms. The van der Waals surface area contributed by atoms with Gasteiger partial charge in [0.1, 0.15) is 0 Å². The smallest absolute Gasteiger partial charge is 0.252 e. The van der Waals surface area contributed by atoms with Crippen molar-refractivity contribution in [1.29, 1.82) is 0 Å². The molecule has 1 aliphatic heterocycles. The van der Waals surface area contributed by atoms with Crippen LogP contribution in [0.5, 0.6) is 0 Å². The van der Waals surface area contributed by atoms with Crippen molar-refractivity contribution in [3.63, 3.8) is 0 Å². The van der Waals surface area contributed by atoms with Gasteiger partial charge < -0.3 is 15.1 Å². The van der Waals surface area contributed by atoms with Gasteiger partial charge in [0.05, 0.1) is 18.2 Å². The number of aromatic nitrogens is 2. The summed E-state index contributed by atoms with van der Waals surface area (Å²) < 4.78 is 0. The molecular formula is C20H27N5O2. The maximum atomic E-state index is 12.3. The molecule has 0 unspecified atom stereocenters. The molecule has 144 valence electrons. The molecule has 1 fully saturated rings. The van der Waals surface area contributed by atoms with Gasteiger partial charge in [-0.15, -0.1) is 0 Å². The number of nitrogens with one attached hydrogen (secondary N) is 2. The van der Waals surface area contributed by atoms with Crippen molar-refractivity contribution >= 4 is 11.9 Å². The van der Waals surface area contributed by atoms with E-state index in [-0.39, 0.29) is 17.5 Å². The van der Waals surface area contributed by atoms with E-state index in [4.69, 9.17) is 0 Å². The van der Waals surface area contributed by atoms with Crippen LogP contribution < -0.4 is 15.8 Å². The van der Waals surface area contributed by atoms with E-state index in [1.54, 1.807) is 0 Å². The Labute approximate surface area is 159 Å². The Bertz CT molecular complexity index is 838. The quantitative estimate of drug-likeness (QED) is 0.829. The van der Waals surface area contributed by atoms with E-state index in [0.717, 1.165) is 37.3 Å². The molecule has 1 atom stereocenters. The minimum Gasteiger partial charge on any atom is -0.348 e. The predicted octanol–water partition coefficient (Wildman–Crippen LogP) is 1.25. The van der Waals surface area contributed by atoms with Crippen molar-refractivity contribution in [2.45, 2.75) is 26.3 Å². The molecule has 2 aromatic rings. The molecule has 0 saturated carbocycles. The van der Waals surface area contributed by atoms with Gasteiger partial charge in [0, 0.05) is 32.2 Å². The largest absolute Gasteiger partial charge is 0.348 e. The Hall–Kier alpha value is -2.67. The molecule has 3 rings (SSSR count). The number of nitrogens with zero attached hydrogens (tertiary/aromatic N) is 3. The van der Waals surface area contributed by atoms with E-state index in [1.165, 1.54) is 6.07 Å². The summed E-state index contributed by atoms with van der Waals surface area (Å²) in [6, 6.07) is 9.01. The predicted molar refractivity (Wildman–Crippen MR) is 106 cm³/mol. The number of hydrogen-bond donors (Lipinski definition) is 2. The number of amides is 1. The first kappa shape index (κ1) is 19.1. The van der Waals surface area contributed by atoms with Gasteiger partial charge in [-0.2, -0.15) is 0 Å². The van der Waals surface area contributed by atoms with Crippen molar-refractivity contribution in [2.24, 2.45) is 0 Å². The second-order valence-corrected chi connectivity index (χ2v) is 7.24. The summed E-state index contributed by atoms with van der Waals surface area (Å²) >= 11 is 0. The van der Waals surface area contributed by atoms with E-state index in [9.17, 15) is 9.59 Å². The number of H-pyrrole nitrogens is 1. The highest BCUT2D eigenvalue weighted by Gasteiger charge is 2.19. The van der Waals surface area contributed by atoms with E-state index in [1.807, 2.05) is 38.1 Å². The van der Waals surface area contributed by atoms with Crippen molar-refractivity contribution in [3.05, 3.63) is 57.5 Å².